The minimum atomic E-state index is -3.06. The molecule has 1 atom stereocenters. The van der Waals surface area contributed by atoms with Crippen molar-refractivity contribution in [2.24, 2.45) is 5.92 Å². The molecule has 2 N–H and O–H groups in total. The first-order valence-electron chi connectivity index (χ1n) is 4.63. The first-order chi connectivity index (χ1) is 6.02. The van der Waals surface area contributed by atoms with Gasteiger partial charge in [-0.05, 0) is 13.0 Å². The summed E-state index contributed by atoms with van der Waals surface area (Å²) in [6.07, 6.45) is 0.896. The Labute approximate surface area is 93.3 Å². The van der Waals surface area contributed by atoms with E-state index in [1.54, 1.807) is 7.05 Å². The van der Waals surface area contributed by atoms with Crippen molar-refractivity contribution >= 4 is 22.4 Å². The Morgan fingerprint density at radius 2 is 1.86 bits per heavy atom. The molecule has 0 spiro atoms. The van der Waals surface area contributed by atoms with Crippen LogP contribution in [0.4, 0.5) is 0 Å². The number of likely N-dealkylation sites (N-methyl/N-ethyl adjacent to an activating group) is 1. The predicted molar refractivity (Wildman–Crippen MR) is 62.4 cm³/mol. The second-order valence-corrected chi connectivity index (χ2v) is 5.14. The van der Waals surface area contributed by atoms with Crippen LogP contribution in [0.1, 0.15) is 20.3 Å². The van der Waals surface area contributed by atoms with Crippen LogP contribution in [0.3, 0.4) is 0 Å². The molecule has 0 radical (unpaired) electrons. The molecule has 14 heavy (non-hydrogen) atoms. The third-order valence-electron chi connectivity index (χ3n) is 1.90. The highest BCUT2D eigenvalue weighted by atomic mass is 35.5. The van der Waals surface area contributed by atoms with Crippen molar-refractivity contribution in [3.05, 3.63) is 0 Å². The highest BCUT2D eigenvalue weighted by molar-refractivity contribution is 7.89. The summed E-state index contributed by atoms with van der Waals surface area (Å²) in [4.78, 5) is 0. The maximum atomic E-state index is 11.3. The third-order valence-corrected chi connectivity index (χ3v) is 3.55. The largest absolute Gasteiger partial charge is 0.318 e. The van der Waals surface area contributed by atoms with E-state index in [0.29, 0.717) is 13.1 Å². The Kier molecular flexibility index (Phi) is 10.0. The second kappa shape index (κ2) is 8.47. The number of halogens is 1. The number of hydrogen-bond donors (Lipinski definition) is 2. The van der Waals surface area contributed by atoms with Crippen LogP contribution in [-0.2, 0) is 10.0 Å². The van der Waals surface area contributed by atoms with Gasteiger partial charge in [0.05, 0.1) is 5.75 Å². The monoisotopic (exact) mass is 244 g/mol. The van der Waals surface area contributed by atoms with Crippen molar-refractivity contribution in [1.82, 2.24) is 10.0 Å². The smallest absolute Gasteiger partial charge is 0.211 e. The number of nitrogens with one attached hydrogen (secondary N) is 2. The fourth-order valence-corrected chi connectivity index (χ4v) is 2.40. The van der Waals surface area contributed by atoms with E-state index in [1.165, 1.54) is 0 Å². The van der Waals surface area contributed by atoms with E-state index < -0.39 is 10.0 Å². The van der Waals surface area contributed by atoms with Gasteiger partial charge in [0, 0.05) is 13.1 Å². The van der Waals surface area contributed by atoms with E-state index in [9.17, 15) is 8.42 Å². The van der Waals surface area contributed by atoms with Gasteiger partial charge in [-0.25, -0.2) is 13.1 Å². The molecule has 0 saturated heterocycles. The van der Waals surface area contributed by atoms with Gasteiger partial charge in [-0.15, -0.1) is 12.4 Å². The molecule has 0 heterocycles. The summed E-state index contributed by atoms with van der Waals surface area (Å²) in [6.45, 7) is 5.07. The topological polar surface area (TPSA) is 58.2 Å². The minimum absolute atomic E-state index is 0. The van der Waals surface area contributed by atoms with Gasteiger partial charge < -0.3 is 5.32 Å². The van der Waals surface area contributed by atoms with Gasteiger partial charge in [-0.2, -0.15) is 0 Å². The van der Waals surface area contributed by atoms with Gasteiger partial charge in [0.25, 0.3) is 0 Å². The Bertz CT molecular complexity index is 219. The molecule has 0 rings (SSSR count). The maximum Gasteiger partial charge on any atom is 0.211 e. The normalized spacial score (nSPS) is 13.4. The molecule has 4 nitrogen and oxygen atoms in total. The molecule has 0 amide bonds. The van der Waals surface area contributed by atoms with Gasteiger partial charge in [0.15, 0.2) is 0 Å². The molecule has 0 aliphatic rings. The Morgan fingerprint density at radius 1 is 1.29 bits per heavy atom. The van der Waals surface area contributed by atoms with Crippen LogP contribution in [-0.4, -0.2) is 34.3 Å². The first-order valence-corrected chi connectivity index (χ1v) is 6.29. The van der Waals surface area contributed by atoms with Gasteiger partial charge in [0.2, 0.25) is 10.0 Å². The summed E-state index contributed by atoms with van der Waals surface area (Å²) in [5.41, 5.74) is 0. The zero-order valence-electron chi connectivity index (χ0n) is 9.04. The van der Waals surface area contributed by atoms with Crippen molar-refractivity contribution in [2.75, 3.05) is 25.9 Å². The fourth-order valence-electron chi connectivity index (χ4n) is 0.883. The van der Waals surface area contributed by atoms with Crippen molar-refractivity contribution in [3.63, 3.8) is 0 Å². The molecular weight excluding hydrogens is 224 g/mol. The van der Waals surface area contributed by atoms with E-state index in [-0.39, 0.29) is 24.1 Å². The molecule has 0 saturated carbocycles. The first kappa shape index (κ1) is 16.6. The van der Waals surface area contributed by atoms with Crippen LogP contribution in [0, 0.1) is 5.92 Å². The van der Waals surface area contributed by atoms with Crippen molar-refractivity contribution in [2.45, 2.75) is 20.3 Å². The fraction of sp³-hybridized carbons (Fsp3) is 1.00. The Morgan fingerprint density at radius 3 is 2.29 bits per heavy atom. The zero-order valence-corrected chi connectivity index (χ0v) is 10.7. The summed E-state index contributed by atoms with van der Waals surface area (Å²) < 4.78 is 25.2. The average molecular weight is 245 g/mol. The molecule has 0 aromatic heterocycles. The Hall–Kier alpha value is 0.160. The van der Waals surface area contributed by atoms with Gasteiger partial charge in [-0.1, -0.05) is 20.3 Å². The molecule has 88 valence electrons. The zero-order chi connectivity index (χ0) is 10.3. The number of sulfonamides is 1. The van der Waals surface area contributed by atoms with Crippen molar-refractivity contribution < 1.29 is 8.42 Å². The van der Waals surface area contributed by atoms with Gasteiger partial charge >= 0.3 is 0 Å². The maximum absolute atomic E-state index is 11.3. The lowest BCUT2D eigenvalue weighted by Crippen LogP contribution is -2.33. The van der Waals surface area contributed by atoms with Crippen molar-refractivity contribution in [1.29, 1.82) is 0 Å². The predicted octanol–water partition coefficient (Wildman–Crippen LogP) is 0.593. The summed E-state index contributed by atoms with van der Waals surface area (Å²) in [7, 11) is -1.26. The van der Waals surface area contributed by atoms with E-state index in [0.717, 1.165) is 6.42 Å². The molecule has 0 aliphatic heterocycles. The van der Waals surface area contributed by atoms with Crippen LogP contribution < -0.4 is 10.0 Å². The van der Waals surface area contributed by atoms with Crippen LogP contribution in [0.2, 0.25) is 0 Å². The van der Waals surface area contributed by atoms with E-state index in [4.69, 9.17) is 0 Å². The molecule has 0 aromatic rings. The average Bonchev–Trinajstić information content (AvgIpc) is 2.03. The SMILES string of the molecule is CCC(C)CS(=O)(=O)NCCNC.Cl. The van der Waals surface area contributed by atoms with E-state index in [2.05, 4.69) is 10.0 Å². The van der Waals surface area contributed by atoms with Crippen LogP contribution in [0.5, 0.6) is 0 Å². The summed E-state index contributed by atoms with van der Waals surface area (Å²) >= 11 is 0. The van der Waals surface area contributed by atoms with Gasteiger partial charge in [-0.3, -0.25) is 0 Å². The van der Waals surface area contributed by atoms with Crippen LogP contribution in [0.25, 0.3) is 0 Å². The molecule has 1 unspecified atom stereocenters. The summed E-state index contributed by atoms with van der Waals surface area (Å²) in [5, 5.41) is 2.88. The standard InChI is InChI=1S/C8H20N2O2S.ClH/c1-4-8(2)7-13(11,12)10-6-5-9-3;/h8-10H,4-7H2,1-3H3;1H. The molecule has 0 bridgehead atoms. The number of rotatable bonds is 7. The summed E-state index contributed by atoms with van der Waals surface area (Å²) in [5.74, 6) is 0.458. The lowest BCUT2D eigenvalue weighted by molar-refractivity contribution is 0.551. The summed E-state index contributed by atoms with van der Waals surface area (Å²) in [6, 6.07) is 0. The van der Waals surface area contributed by atoms with Crippen molar-refractivity contribution in [3.8, 4) is 0 Å². The quantitative estimate of drug-likeness (QED) is 0.645. The van der Waals surface area contributed by atoms with E-state index in [1.807, 2.05) is 13.8 Å². The Balaban J connectivity index is 0. The van der Waals surface area contributed by atoms with Crippen LogP contribution in [0.15, 0.2) is 0 Å². The van der Waals surface area contributed by atoms with Crippen LogP contribution >= 0.6 is 12.4 Å². The second-order valence-electron chi connectivity index (χ2n) is 3.29. The highest BCUT2D eigenvalue weighted by Crippen LogP contribution is 2.03. The molecule has 6 heteroatoms. The molecule has 0 fully saturated rings. The lowest BCUT2D eigenvalue weighted by atomic mass is 10.2. The number of hydrogen-bond acceptors (Lipinski definition) is 3. The highest BCUT2D eigenvalue weighted by Gasteiger charge is 2.12. The lowest BCUT2D eigenvalue weighted by Gasteiger charge is -2.10. The molecular formula is C8H21ClN2O2S. The molecule has 0 aromatic carbocycles. The minimum Gasteiger partial charge on any atom is -0.318 e. The third kappa shape index (κ3) is 8.74. The van der Waals surface area contributed by atoms with E-state index >= 15 is 0 Å². The van der Waals surface area contributed by atoms with Gasteiger partial charge in [0.1, 0.15) is 0 Å². The molecule has 0 aliphatic carbocycles.